The molecule has 70 valence electrons. The van der Waals surface area contributed by atoms with E-state index in [1.165, 1.54) is 18.4 Å². The SMILES string of the molecule is CCCCC=C(C)C(C)=C(N)N. The summed E-state index contributed by atoms with van der Waals surface area (Å²) in [7, 11) is 0. The normalized spacial score (nSPS) is 11.4. The van der Waals surface area contributed by atoms with Crippen molar-refractivity contribution in [3.63, 3.8) is 0 Å². The molecule has 0 spiro atoms. The Hall–Kier alpha value is -0.920. The molecular formula is C10H20N2. The molecule has 0 saturated carbocycles. The summed E-state index contributed by atoms with van der Waals surface area (Å²) in [5.41, 5.74) is 13.1. The van der Waals surface area contributed by atoms with Crippen LogP contribution in [0.1, 0.15) is 40.0 Å². The van der Waals surface area contributed by atoms with Crippen LogP contribution in [0.5, 0.6) is 0 Å². The van der Waals surface area contributed by atoms with E-state index in [1.54, 1.807) is 0 Å². The van der Waals surface area contributed by atoms with Crippen molar-refractivity contribution in [2.75, 3.05) is 0 Å². The molecule has 0 atom stereocenters. The van der Waals surface area contributed by atoms with E-state index in [0.717, 1.165) is 12.0 Å². The topological polar surface area (TPSA) is 52.0 Å². The Labute approximate surface area is 75.3 Å². The Morgan fingerprint density at radius 2 is 1.83 bits per heavy atom. The van der Waals surface area contributed by atoms with Crippen LogP contribution in [0.2, 0.25) is 0 Å². The highest BCUT2D eigenvalue weighted by atomic mass is 14.8. The fraction of sp³-hybridized carbons (Fsp3) is 0.600. The second kappa shape index (κ2) is 5.70. The first-order chi connectivity index (χ1) is 5.59. The van der Waals surface area contributed by atoms with Gasteiger partial charge in [-0.2, -0.15) is 0 Å². The van der Waals surface area contributed by atoms with Crippen molar-refractivity contribution in [2.24, 2.45) is 11.5 Å². The zero-order valence-corrected chi connectivity index (χ0v) is 8.35. The van der Waals surface area contributed by atoms with E-state index in [2.05, 4.69) is 13.0 Å². The Balaban J connectivity index is 4.10. The van der Waals surface area contributed by atoms with Gasteiger partial charge in [0.15, 0.2) is 0 Å². The molecule has 0 radical (unpaired) electrons. The van der Waals surface area contributed by atoms with E-state index in [4.69, 9.17) is 11.5 Å². The van der Waals surface area contributed by atoms with Crippen LogP contribution in [-0.4, -0.2) is 0 Å². The summed E-state index contributed by atoms with van der Waals surface area (Å²) in [6.07, 6.45) is 5.77. The summed E-state index contributed by atoms with van der Waals surface area (Å²) >= 11 is 0. The van der Waals surface area contributed by atoms with Crippen LogP contribution in [0.25, 0.3) is 0 Å². The first kappa shape index (κ1) is 11.1. The summed E-state index contributed by atoms with van der Waals surface area (Å²) in [4.78, 5) is 0. The molecule has 2 heteroatoms. The van der Waals surface area contributed by atoms with E-state index < -0.39 is 0 Å². The number of nitrogens with two attached hydrogens (primary N) is 2. The van der Waals surface area contributed by atoms with Crippen molar-refractivity contribution in [1.82, 2.24) is 0 Å². The molecule has 0 aromatic carbocycles. The summed E-state index contributed by atoms with van der Waals surface area (Å²) < 4.78 is 0. The lowest BCUT2D eigenvalue weighted by Crippen LogP contribution is -2.11. The maximum Gasteiger partial charge on any atom is 0.0966 e. The first-order valence-corrected chi connectivity index (χ1v) is 4.48. The molecule has 4 N–H and O–H groups in total. The number of allylic oxidation sites excluding steroid dienone is 3. The lowest BCUT2D eigenvalue weighted by Gasteiger charge is -2.03. The molecular weight excluding hydrogens is 148 g/mol. The smallest absolute Gasteiger partial charge is 0.0966 e. The summed E-state index contributed by atoms with van der Waals surface area (Å²) in [6.45, 7) is 6.18. The van der Waals surface area contributed by atoms with Crippen molar-refractivity contribution >= 4 is 0 Å². The van der Waals surface area contributed by atoms with Crippen LogP contribution in [0.4, 0.5) is 0 Å². The number of unbranched alkanes of at least 4 members (excludes halogenated alkanes) is 2. The largest absolute Gasteiger partial charge is 0.385 e. The Kier molecular flexibility index (Phi) is 5.26. The molecule has 0 rings (SSSR count). The van der Waals surface area contributed by atoms with Crippen LogP contribution < -0.4 is 11.5 Å². The number of hydrogen-bond donors (Lipinski definition) is 2. The quantitative estimate of drug-likeness (QED) is 0.500. The van der Waals surface area contributed by atoms with Gasteiger partial charge in [-0.05, 0) is 31.4 Å². The maximum atomic E-state index is 5.46. The van der Waals surface area contributed by atoms with Gasteiger partial charge in [0.05, 0.1) is 5.82 Å². The molecule has 0 aliphatic rings. The van der Waals surface area contributed by atoms with E-state index in [1.807, 2.05) is 13.8 Å². The average Bonchev–Trinajstić information content (AvgIpc) is 2.03. The minimum atomic E-state index is 0.431. The predicted octanol–water partition coefficient (Wildman–Crippen LogP) is 2.27. The fourth-order valence-electron chi connectivity index (χ4n) is 0.903. The van der Waals surface area contributed by atoms with Crippen LogP contribution in [0.15, 0.2) is 23.0 Å². The first-order valence-electron chi connectivity index (χ1n) is 4.48. The molecule has 0 unspecified atom stereocenters. The van der Waals surface area contributed by atoms with Crippen molar-refractivity contribution < 1.29 is 0 Å². The lowest BCUT2D eigenvalue weighted by atomic mass is 10.1. The zero-order valence-electron chi connectivity index (χ0n) is 8.35. The molecule has 0 bridgehead atoms. The van der Waals surface area contributed by atoms with Gasteiger partial charge in [-0.1, -0.05) is 25.8 Å². The molecule has 0 aromatic rings. The van der Waals surface area contributed by atoms with Crippen molar-refractivity contribution in [2.45, 2.75) is 40.0 Å². The predicted molar refractivity (Wildman–Crippen MR) is 54.4 cm³/mol. The molecule has 0 aliphatic heterocycles. The van der Waals surface area contributed by atoms with E-state index >= 15 is 0 Å². The van der Waals surface area contributed by atoms with Gasteiger partial charge >= 0.3 is 0 Å². The fourth-order valence-corrected chi connectivity index (χ4v) is 0.903. The molecule has 0 saturated heterocycles. The van der Waals surface area contributed by atoms with Crippen LogP contribution in [0, 0.1) is 0 Å². The van der Waals surface area contributed by atoms with Crippen LogP contribution >= 0.6 is 0 Å². The summed E-state index contributed by atoms with van der Waals surface area (Å²) in [5.74, 6) is 0.431. The monoisotopic (exact) mass is 168 g/mol. The Morgan fingerprint density at radius 1 is 1.25 bits per heavy atom. The zero-order chi connectivity index (χ0) is 9.56. The van der Waals surface area contributed by atoms with Gasteiger partial charge in [0.2, 0.25) is 0 Å². The highest BCUT2D eigenvalue weighted by Gasteiger charge is 1.95. The van der Waals surface area contributed by atoms with Crippen LogP contribution in [-0.2, 0) is 0 Å². The Morgan fingerprint density at radius 3 is 2.25 bits per heavy atom. The standard InChI is InChI=1S/C10H20N2/c1-4-5-6-7-8(2)9(3)10(11)12/h7H,4-6,11-12H2,1-3H3. The van der Waals surface area contributed by atoms with Gasteiger partial charge in [-0.3, -0.25) is 0 Å². The maximum absolute atomic E-state index is 5.46. The molecule has 0 amide bonds. The molecule has 0 fully saturated rings. The summed E-state index contributed by atoms with van der Waals surface area (Å²) in [5, 5.41) is 0. The summed E-state index contributed by atoms with van der Waals surface area (Å²) in [6, 6.07) is 0. The second-order valence-corrected chi connectivity index (χ2v) is 3.11. The van der Waals surface area contributed by atoms with Crippen molar-refractivity contribution in [3.8, 4) is 0 Å². The highest BCUT2D eigenvalue weighted by Crippen LogP contribution is 2.10. The van der Waals surface area contributed by atoms with Gasteiger partial charge in [-0.15, -0.1) is 0 Å². The number of rotatable bonds is 4. The molecule has 2 nitrogen and oxygen atoms in total. The van der Waals surface area contributed by atoms with Gasteiger partial charge in [0.25, 0.3) is 0 Å². The van der Waals surface area contributed by atoms with Crippen molar-refractivity contribution in [1.29, 1.82) is 0 Å². The van der Waals surface area contributed by atoms with Gasteiger partial charge in [0, 0.05) is 0 Å². The van der Waals surface area contributed by atoms with Crippen molar-refractivity contribution in [3.05, 3.63) is 23.0 Å². The molecule has 12 heavy (non-hydrogen) atoms. The third-order valence-corrected chi connectivity index (χ3v) is 2.03. The third-order valence-electron chi connectivity index (χ3n) is 2.03. The average molecular weight is 168 g/mol. The van der Waals surface area contributed by atoms with Gasteiger partial charge in [-0.25, -0.2) is 0 Å². The van der Waals surface area contributed by atoms with Gasteiger partial charge in [0.1, 0.15) is 0 Å². The van der Waals surface area contributed by atoms with Gasteiger partial charge < -0.3 is 11.5 Å². The number of hydrogen-bond acceptors (Lipinski definition) is 2. The molecule has 0 aromatic heterocycles. The Bertz CT molecular complexity index is 186. The van der Waals surface area contributed by atoms with E-state index in [0.29, 0.717) is 5.82 Å². The van der Waals surface area contributed by atoms with Crippen LogP contribution in [0.3, 0.4) is 0 Å². The van der Waals surface area contributed by atoms with E-state index in [-0.39, 0.29) is 0 Å². The molecule has 0 aliphatic carbocycles. The lowest BCUT2D eigenvalue weighted by molar-refractivity contribution is 0.811. The third kappa shape index (κ3) is 4.06. The molecule has 0 heterocycles. The second-order valence-electron chi connectivity index (χ2n) is 3.11. The highest BCUT2D eigenvalue weighted by molar-refractivity contribution is 5.29. The minimum Gasteiger partial charge on any atom is -0.385 e. The minimum absolute atomic E-state index is 0.431. The van der Waals surface area contributed by atoms with E-state index in [9.17, 15) is 0 Å².